The van der Waals surface area contributed by atoms with E-state index in [1.807, 2.05) is 36.1 Å². The van der Waals surface area contributed by atoms with E-state index in [2.05, 4.69) is 11.8 Å². The second-order valence-electron chi connectivity index (χ2n) is 5.96. The standard InChI is InChI=1S/C18H28N2O3/c1-3-15-5-7-16(8-6-15)18(22)20-11-9-19(10-12-20)13-17(21)14-23-4-2/h5-8,17,21H,3-4,9-14H2,1-2H3/t17-/m0/s1. The molecule has 0 radical (unpaired) electrons. The molecule has 1 fully saturated rings. The van der Waals surface area contributed by atoms with Gasteiger partial charge in [-0.15, -0.1) is 0 Å². The van der Waals surface area contributed by atoms with Gasteiger partial charge in [0.1, 0.15) is 0 Å². The Hall–Kier alpha value is -1.43. The number of hydrogen-bond acceptors (Lipinski definition) is 4. The Kier molecular flexibility index (Phi) is 7.02. The van der Waals surface area contributed by atoms with Gasteiger partial charge < -0.3 is 14.7 Å². The molecule has 128 valence electrons. The molecule has 5 heteroatoms. The fourth-order valence-corrected chi connectivity index (χ4v) is 2.80. The first-order valence-corrected chi connectivity index (χ1v) is 8.50. The molecule has 0 spiro atoms. The number of nitrogens with zero attached hydrogens (tertiary/aromatic N) is 2. The average Bonchev–Trinajstić information content (AvgIpc) is 2.60. The summed E-state index contributed by atoms with van der Waals surface area (Å²) < 4.78 is 5.23. The Morgan fingerprint density at radius 2 is 1.83 bits per heavy atom. The minimum atomic E-state index is -0.459. The molecule has 0 aliphatic carbocycles. The quantitative estimate of drug-likeness (QED) is 0.825. The molecule has 0 saturated carbocycles. The molecule has 0 aromatic heterocycles. The molecule has 0 bridgehead atoms. The van der Waals surface area contributed by atoms with E-state index < -0.39 is 6.10 Å². The molecule has 1 aliphatic rings. The zero-order valence-electron chi connectivity index (χ0n) is 14.2. The molecule has 2 rings (SSSR count). The van der Waals surface area contributed by atoms with Crippen LogP contribution in [0.2, 0.25) is 0 Å². The van der Waals surface area contributed by atoms with Crippen LogP contribution in [0.15, 0.2) is 24.3 Å². The van der Waals surface area contributed by atoms with Gasteiger partial charge in [-0.3, -0.25) is 9.69 Å². The second kappa shape index (κ2) is 9.01. The molecule has 1 aromatic rings. The van der Waals surface area contributed by atoms with E-state index in [1.54, 1.807) is 0 Å². The summed E-state index contributed by atoms with van der Waals surface area (Å²) in [6, 6.07) is 7.87. The van der Waals surface area contributed by atoms with Crippen molar-refractivity contribution in [3.63, 3.8) is 0 Å². The lowest BCUT2D eigenvalue weighted by Gasteiger charge is -2.35. The SMILES string of the molecule is CCOC[C@@H](O)CN1CCN(C(=O)c2ccc(CC)cc2)CC1. The van der Waals surface area contributed by atoms with Crippen LogP contribution in [0.4, 0.5) is 0 Å². The Balaban J connectivity index is 1.80. The molecule has 1 saturated heterocycles. The predicted octanol–water partition coefficient (Wildman–Crippen LogP) is 1.40. The van der Waals surface area contributed by atoms with Gasteiger partial charge in [0.05, 0.1) is 12.7 Å². The van der Waals surface area contributed by atoms with E-state index in [1.165, 1.54) is 5.56 Å². The lowest BCUT2D eigenvalue weighted by molar-refractivity contribution is 0.0111. The van der Waals surface area contributed by atoms with Crippen LogP contribution in [0.5, 0.6) is 0 Å². The number of carbonyl (C=O) groups is 1. The maximum Gasteiger partial charge on any atom is 0.253 e. The number of ether oxygens (including phenoxy) is 1. The summed E-state index contributed by atoms with van der Waals surface area (Å²) in [4.78, 5) is 16.6. The first kappa shape index (κ1) is 17.9. The van der Waals surface area contributed by atoms with E-state index in [0.29, 0.717) is 32.8 Å². The van der Waals surface area contributed by atoms with Gasteiger partial charge in [-0.05, 0) is 31.0 Å². The molecule has 1 aliphatic heterocycles. The Morgan fingerprint density at radius 1 is 1.17 bits per heavy atom. The van der Waals surface area contributed by atoms with Gasteiger partial charge in [0, 0.05) is 44.9 Å². The number of piperazine rings is 1. The zero-order chi connectivity index (χ0) is 16.7. The molecule has 1 amide bonds. The highest BCUT2D eigenvalue weighted by atomic mass is 16.5. The highest BCUT2D eigenvalue weighted by Crippen LogP contribution is 2.11. The number of carbonyl (C=O) groups excluding carboxylic acids is 1. The van der Waals surface area contributed by atoms with Crippen LogP contribution < -0.4 is 0 Å². The fraction of sp³-hybridized carbons (Fsp3) is 0.611. The van der Waals surface area contributed by atoms with Crippen LogP contribution in [0.1, 0.15) is 29.8 Å². The largest absolute Gasteiger partial charge is 0.389 e. The summed E-state index contributed by atoms with van der Waals surface area (Å²) in [7, 11) is 0. The number of β-amino-alcohol motifs (C(OH)–C–C–N with tert-alkyl or cyclic N) is 1. The van der Waals surface area contributed by atoms with E-state index in [0.717, 1.165) is 25.1 Å². The van der Waals surface area contributed by atoms with Gasteiger partial charge in [0.25, 0.3) is 5.91 Å². The highest BCUT2D eigenvalue weighted by molar-refractivity contribution is 5.94. The molecule has 1 heterocycles. The first-order valence-electron chi connectivity index (χ1n) is 8.50. The number of amides is 1. The Morgan fingerprint density at radius 3 is 2.39 bits per heavy atom. The van der Waals surface area contributed by atoms with Crippen molar-refractivity contribution >= 4 is 5.91 Å². The average molecular weight is 320 g/mol. The van der Waals surface area contributed by atoms with Crippen molar-refractivity contribution in [1.82, 2.24) is 9.80 Å². The van der Waals surface area contributed by atoms with Crippen LogP contribution in [0, 0.1) is 0 Å². The summed E-state index contributed by atoms with van der Waals surface area (Å²) in [5.74, 6) is 0.0992. The minimum absolute atomic E-state index is 0.0992. The molecule has 1 atom stereocenters. The van der Waals surface area contributed by atoms with Crippen LogP contribution in [-0.2, 0) is 11.2 Å². The van der Waals surface area contributed by atoms with Crippen LogP contribution in [0.3, 0.4) is 0 Å². The molecule has 1 aromatic carbocycles. The van der Waals surface area contributed by atoms with Gasteiger partial charge in [-0.2, -0.15) is 0 Å². The molecule has 5 nitrogen and oxygen atoms in total. The van der Waals surface area contributed by atoms with Crippen LogP contribution in [0.25, 0.3) is 0 Å². The topological polar surface area (TPSA) is 53.0 Å². The number of aliphatic hydroxyl groups excluding tert-OH is 1. The van der Waals surface area contributed by atoms with Gasteiger partial charge >= 0.3 is 0 Å². The van der Waals surface area contributed by atoms with Gasteiger partial charge in [0.15, 0.2) is 0 Å². The molecule has 0 unspecified atom stereocenters. The monoisotopic (exact) mass is 320 g/mol. The van der Waals surface area contributed by atoms with Gasteiger partial charge in [-0.1, -0.05) is 19.1 Å². The first-order chi connectivity index (χ1) is 11.1. The van der Waals surface area contributed by atoms with E-state index in [-0.39, 0.29) is 5.91 Å². The van der Waals surface area contributed by atoms with Crippen LogP contribution in [-0.4, -0.2) is 72.9 Å². The number of aryl methyl sites for hydroxylation is 1. The summed E-state index contributed by atoms with van der Waals surface area (Å²) in [5.41, 5.74) is 2.00. The highest BCUT2D eigenvalue weighted by Gasteiger charge is 2.23. The van der Waals surface area contributed by atoms with Crippen molar-refractivity contribution in [3.05, 3.63) is 35.4 Å². The summed E-state index contributed by atoms with van der Waals surface area (Å²) >= 11 is 0. The summed E-state index contributed by atoms with van der Waals surface area (Å²) in [6.45, 7) is 8.62. The maximum absolute atomic E-state index is 12.5. The van der Waals surface area contributed by atoms with Gasteiger partial charge in [0.2, 0.25) is 0 Å². The normalized spacial score (nSPS) is 17.3. The second-order valence-corrected chi connectivity index (χ2v) is 5.96. The number of benzene rings is 1. The van der Waals surface area contributed by atoms with Crippen molar-refractivity contribution in [3.8, 4) is 0 Å². The third-order valence-corrected chi connectivity index (χ3v) is 4.25. The lowest BCUT2D eigenvalue weighted by Crippen LogP contribution is -2.50. The Bertz CT molecular complexity index is 482. The van der Waals surface area contributed by atoms with Gasteiger partial charge in [-0.25, -0.2) is 0 Å². The molecule has 1 N–H and O–H groups in total. The number of aliphatic hydroxyl groups is 1. The molecular formula is C18H28N2O3. The van der Waals surface area contributed by atoms with Crippen molar-refractivity contribution in [1.29, 1.82) is 0 Å². The van der Waals surface area contributed by atoms with Crippen molar-refractivity contribution in [2.45, 2.75) is 26.4 Å². The summed E-state index contributed by atoms with van der Waals surface area (Å²) in [6.07, 6.45) is 0.524. The summed E-state index contributed by atoms with van der Waals surface area (Å²) in [5, 5.41) is 9.89. The number of hydrogen-bond donors (Lipinski definition) is 1. The minimum Gasteiger partial charge on any atom is -0.389 e. The third-order valence-electron chi connectivity index (χ3n) is 4.25. The van der Waals surface area contributed by atoms with E-state index >= 15 is 0 Å². The number of rotatable bonds is 7. The van der Waals surface area contributed by atoms with Crippen molar-refractivity contribution in [2.24, 2.45) is 0 Å². The van der Waals surface area contributed by atoms with Crippen molar-refractivity contribution in [2.75, 3.05) is 45.9 Å². The van der Waals surface area contributed by atoms with E-state index in [9.17, 15) is 9.90 Å². The van der Waals surface area contributed by atoms with Crippen molar-refractivity contribution < 1.29 is 14.6 Å². The smallest absolute Gasteiger partial charge is 0.253 e. The van der Waals surface area contributed by atoms with E-state index in [4.69, 9.17) is 4.74 Å². The fourth-order valence-electron chi connectivity index (χ4n) is 2.80. The maximum atomic E-state index is 12.5. The predicted molar refractivity (Wildman–Crippen MR) is 90.7 cm³/mol. The lowest BCUT2D eigenvalue weighted by atomic mass is 10.1. The third kappa shape index (κ3) is 5.30. The molecular weight excluding hydrogens is 292 g/mol. The zero-order valence-corrected chi connectivity index (χ0v) is 14.2. The van der Waals surface area contributed by atoms with Crippen LogP contribution >= 0.6 is 0 Å². The molecule has 23 heavy (non-hydrogen) atoms. The Labute approximate surface area is 138 Å².